The summed E-state index contributed by atoms with van der Waals surface area (Å²) in [5, 5.41) is 6.22. The molecule has 1 fully saturated rings. The van der Waals surface area contributed by atoms with E-state index in [9.17, 15) is 4.79 Å². The van der Waals surface area contributed by atoms with Gasteiger partial charge in [0, 0.05) is 38.3 Å². The Hall–Kier alpha value is -0.590. The van der Waals surface area contributed by atoms with Crippen molar-refractivity contribution in [3.8, 4) is 0 Å². The van der Waals surface area contributed by atoms with E-state index < -0.39 is 0 Å². The van der Waals surface area contributed by atoms with Crippen LogP contribution >= 0.6 is 37.2 Å². The zero-order chi connectivity index (χ0) is 14.9. The normalized spacial score (nSPS) is 14.7. The van der Waals surface area contributed by atoms with Gasteiger partial charge in [-0.2, -0.15) is 0 Å². The van der Waals surface area contributed by atoms with Crippen LogP contribution in [-0.4, -0.2) is 48.5 Å². The van der Waals surface area contributed by atoms with E-state index >= 15 is 0 Å². The first-order chi connectivity index (χ1) is 10.3. The highest BCUT2D eigenvalue weighted by Gasteiger charge is 2.20. The van der Waals surface area contributed by atoms with Gasteiger partial charge >= 0.3 is 0 Å². The van der Waals surface area contributed by atoms with Crippen molar-refractivity contribution in [3.63, 3.8) is 0 Å². The Labute approximate surface area is 163 Å². The van der Waals surface area contributed by atoms with Crippen LogP contribution in [0.25, 0.3) is 0 Å². The zero-order valence-electron chi connectivity index (χ0n) is 14.1. The van der Waals surface area contributed by atoms with Crippen molar-refractivity contribution in [3.05, 3.63) is 30.1 Å². The van der Waals surface area contributed by atoms with Crippen molar-refractivity contribution in [1.82, 2.24) is 20.5 Å². The monoisotopic (exact) mass is 398 g/mol. The number of aromatic nitrogens is 1. The topological polar surface area (TPSA) is 57.3 Å². The minimum Gasteiger partial charge on any atom is -0.353 e. The summed E-state index contributed by atoms with van der Waals surface area (Å²) in [5.74, 6) is 0.188. The molecular formula is C16H29Cl3N4O. The number of pyridine rings is 1. The smallest absolute Gasteiger partial charge is 0.220 e. The van der Waals surface area contributed by atoms with E-state index in [1.807, 2.05) is 25.4 Å². The number of nitrogens with zero attached hydrogens (tertiary/aromatic N) is 2. The lowest BCUT2D eigenvalue weighted by molar-refractivity contribution is -0.122. The number of likely N-dealkylation sites (tertiary alicyclic amines) is 1. The fraction of sp³-hybridized carbons (Fsp3) is 0.625. The van der Waals surface area contributed by atoms with Crippen LogP contribution in [0.15, 0.2) is 24.4 Å². The molecule has 0 aliphatic carbocycles. The van der Waals surface area contributed by atoms with Gasteiger partial charge in [-0.1, -0.05) is 6.07 Å². The molecular weight excluding hydrogens is 371 g/mol. The third kappa shape index (κ3) is 9.64. The molecule has 1 aliphatic rings. The standard InChI is InChI=1S/C16H26N4O.3ClH/c1-17-9-4-6-16(21)19-14-7-11-20(12-8-14)13-15-5-2-3-10-18-15;;;/h2-3,5,10,14,17H,4,6-9,11-13H2,1H3,(H,19,21);3*1H. The molecule has 2 N–H and O–H groups in total. The number of amides is 1. The van der Waals surface area contributed by atoms with Gasteiger partial charge in [0.25, 0.3) is 0 Å². The molecule has 140 valence electrons. The number of piperidine rings is 1. The predicted octanol–water partition coefficient (Wildman–Crippen LogP) is 2.43. The summed E-state index contributed by atoms with van der Waals surface area (Å²) in [6.45, 7) is 3.86. The molecule has 2 heterocycles. The van der Waals surface area contributed by atoms with Crippen molar-refractivity contribution < 1.29 is 4.79 Å². The molecule has 8 heteroatoms. The molecule has 0 spiro atoms. The highest BCUT2D eigenvalue weighted by Crippen LogP contribution is 2.13. The molecule has 2 rings (SSSR count). The van der Waals surface area contributed by atoms with Gasteiger partial charge < -0.3 is 10.6 Å². The van der Waals surface area contributed by atoms with Gasteiger partial charge in [0.2, 0.25) is 5.91 Å². The van der Waals surface area contributed by atoms with Crippen LogP contribution in [0.5, 0.6) is 0 Å². The maximum absolute atomic E-state index is 11.8. The van der Waals surface area contributed by atoms with Crippen LogP contribution < -0.4 is 10.6 Å². The Balaban J connectivity index is 0. The minimum atomic E-state index is 0. The summed E-state index contributed by atoms with van der Waals surface area (Å²) in [6.07, 6.45) is 5.43. The average molecular weight is 400 g/mol. The fourth-order valence-electron chi connectivity index (χ4n) is 2.68. The highest BCUT2D eigenvalue weighted by molar-refractivity contribution is 5.86. The number of hydrogen-bond acceptors (Lipinski definition) is 4. The molecule has 0 radical (unpaired) electrons. The maximum atomic E-state index is 11.8. The van der Waals surface area contributed by atoms with Gasteiger partial charge in [-0.05, 0) is 45.0 Å². The molecule has 1 aromatic rings. The van der Waals surface area contributed by atoms with Gasteiger partial charge in [0.15, 0.2) is 0 Å². The molecule has 0 atom stereocenters. The van der Waals surface area contributed by atoms with Crippen LogP contribution in [0.4, 0.5) is 0 Å². The Bertz CT molecular complexity index is 429. The molecule has 0 bridgehead atoms. The lowest BCUT2D eigenvalue weighted by Crippen LogP contribution is -2.44. The SMILES string of the molecule is CNCCCC(=O)NC1CCN(Cc2ccccn2)CC1.Cl.Cl.Cl. The van der Waals surface area contributed by atoms with E-state index in [4.69, 9.17) is 0 Å². The summed E-state index contributed by atoms with van der Waals surface area (Å²) >= 11 is 0. The van der Waals surface area contributed by atoms with Crippen LogP contribution in [0.1, 0.15) is 31.4 Å². The molecule has 0 unspecified atom stereocenters. The van der Waals surface area contributed by atoms with Gasteiger partial charge in [0.05, 0.1) is 5.69 Å². The van der Waals surface area contributed by atoms with Crippen LogP contribution in [0, 0.1) is 0 Å². The maximum Gasteiger partial charge on any atom is 0.220 e. The first-order valence-corrected chi connectivity index (χ1v) is 7.84. The predicted molar refractivity (Wildman–Crippen MR) is 106 cm³/mol. The van der Waals surface area contributed by atoms with Gasteiger partial charge in [0.1, 0.15) is 0 Å². The average Bonchev–Trinajstić information content (AvgIpc) is 2.51. The first kappa shape index (κ1) is 25.6. The third-order valence-electron chi connectivity index (χ3n) is 3.90. The summed E-state index contributed by atoms with van der Waals surface area (Å²) < 4.78 is 0. The van der Waals surface area contributed by atoms with Crippen LogP contribution in [-0.2, 0) is 11.3 Å². The summed E-state index contributed by atoms with van der Waals surface area (Å²) in [6, 6.07) is 6.38. The number of rotatable bonds is 7. The zero-order valence-corrected chi connectivity index (χ0v) is 16.5. The largest absolute Gasteiger partial charge is 0.353 e. The van der Waals surface area contributed by atoms with Crippen molar-refractivity contribution >= 4 is 43.1 Å². The molecule has 1 aliphatic heterocycles. The number of carbonyl (C=O) groups excluding carboxylic acids is 1. The third-order valence-corrected chi connectivity index (χ3v) is 3.90. The summed E-state index contributed by atoms with van der Waals surface area (Å²) in [5.41, 5.74) is 1.12. The van der Waals surface area contributed by atoms with Crippen molar-refractivity contribution in [2.24, 2.45) is 0 Å². The fourth-order valence-corrected chi connectivity index (χ4v) is 2.68. The van der Waals surface area contributed by atoms with E-state index in [2.05, 4.69) is 26.6 Å². The lowest BCUT2D eigenvalue weighted by Gasteiger charge is -2.32. The quantitative estimate of drug-likeness (QED) is 0.691. The second kappa shape index (κ2) is 14.7. The van der Waals surface area contributed by atoms with Gasteiger partial charge in [-0.15, -0.1) is 37.2 Å². The van der Waals surface area contributed by atoms with Crippen LogP contribution in [0.2, 0.25) is 0 Å². The molecule has 1 aromatic heterocycles. The Morgan fingerprint density at radius 2 is 1.96 bits per heavy atom. The molecule has 5 nitrogen and oxygen atoms in total. The van der Waals surface area contributed by atoms with Crippen molar-refractivity contribution in [2.75, 3.05) is 26.7 Å². The molecule has 0 saturated carbocycles. The van der Waals surface area contributed by atoms with E-state index in [-0.39, 0.29) is 43.1 Å². The second-order valence-corrected chi connectivity index (χ2v) is 5.65. The lowest BCUT2D eigenvalue weighted by atomic mass is 10.0. The van der Waals surface area contributed by atoms with E-state index in [0.29, 0.717) is 12.5 Å². The van der Waals surface area contributed by atoms with Crippen molar-refractivity contribution in [2.45, 2.75) is 38.3 Å². The minimum absolute atomic E-state index is 0. The Morgan fingerprint density at radius 1 is 1.25 bits per heavy atom. The van der Waals surface area contributed by atoms with Crippen LogP contribution in [0.3, 0.4) is 0 Å². The molecule has 1 amide bonds. The van der Waals surface area contributed by atoms with E-state index in [0.717, 1.165) is 51.1 Å². The summed E-state index contributed by atoms with van der Waals surface area (Å²) in [7, 11) is 1.91. The number of nitrogens with one attached hydrogen (secondary N) is 2. The first-order valence-electron chi connectivity index (χ1n) is 7.84. The van der Waals surface area contributed by atoms with Gasteiger partial charge in [-0.25, -0.2) is 0 Å². The Kier molecular flexibility index (Phi) is 15.7. The van der Waals surface area contributed by atoms with Gasteiger partial charge in [-0.3, -0.25) is 14.7 Å². The summed E-state index contributed by atoms with van der Waals surface area (Å²) in [4.78, 5) is 18.6. The number of hydrogen-bond donors (Lipinski definition) is 2. The molecule has 1 saturated heterocycles. The number of halogens is 3. The van der Waals surface area contributed by atoms with E-state index in [1.165, 1.54) is 0 Å². The Morgan fingerprint density at radius 3 is 2.54 bits per heavy atom. The molecule has 24 heavy (non-hydrogen) atoms. The molecule has 0 aromatic carbocycles. The second-order valence-electron chi connectivity index (χ2n) is 5.65. The van der Waals surface area contributed by atoms with E-state index in [1.54, 1.807) is 0 Å². The highest BCUT2D eigenvalue weighted by atomic mass is 35.5. The van der Waals surface area contributed by atoms with Crippen molar-refractivity contribution in [1.29, 1.82) is 0 Å². The number of carbonyl (C=O) groups is 1.